The highest BCUT2D eigenvalue weighted by atomic mass is 127. The Hall–Kier alpha value is -1.06. The van der Waals surface area contributed by atoms with Crippen LogP contribution in [-0.4, -0.2) is 57.6 Å². The van der Waals surface area contributed by atoms with Gasteiger partial charge in [0.05, 0.1) is 20.3 Å². The Labute approximate surface area is 198 Å². The molecule has 3 N–H and O–H groups in total. The molecule has 7 heteroatoms. The van der Waals surface area contributed by atoms with Crippen molar-refractivity contribution in [2.45, 2.75) is 50.9 Å². The van der Waals surface area contributed by atoms with E-state index in [1.54, 1.807) is 7.11 Å². The molecule has 2 fully saturated rings. The molecule has 1 aromatic carbocycles. The van der Waals surface area contributed by atoms with Crippen LogP contribution in [0.1, 0.15) is 51.0 Å². The molecule has 1 saturated carbocycles. The van der Waals surface area contributed by atoms with Gasteiger partial charge in [-0.1, -0.05) is 25.0 Å². The zero-order valence-electron chi connectivity index (χ0n) is 18.4. The second kappa shape index (κ2) is 12.1. The fourth-order valence-electron chi connectivity index (χ4n) is 4.70. The van der Waals surface area contributed by atoms with Crippen molar-refractivity contribution in [2.24, 2.45) is 10.4 Å². The van der Waals surface area contributed by atoms with Gasteiger partial charge in [0.2, 0.25) is 0 Å². The highest BCUT2D eigenvalue weighted by Gasteiger charge is 2.37. The van der Waals surface area contributed by atoms with E-state index in [4.69, 9.17) is 14.5 Å². The first-order chi connectivity index (χ1) is 14.2. The van der Waals surface area contributed by atoms with Crippen LogP contribution in [0, 0.1) is 5.41 Å². The van der Waals surface area contributed by atoms with E-state index in [-0.39, 0.29) is 41.4 Å². The van der Waals surface area contributed by atoms with E-state index >= 15 is 0 Å². The quantitative estimate of drug-likeness (QED) is 0.259. The number of halogens is 1. The first-order valence-corrected chi connectivity index (χ1v) is 11.0. The number of hydrogen-bond acceptors (Lipinski definition) is 4. The molecule has 1 saturated heterocycles. The van der Waals surface area contributed by atoms with Crippen molar-refractivity contribution in [3.8, 4) is 5.75 Å². The first kappa shape index (κ1) is 25.2. The molecule has 3 rings (SSSR count). The molecule has 0 radical (unpaired) electrons. The summed E-state index contributed by atoms with van der Waals surface area (Å²) >= 11 is 0. The Morgan fingerprint density at radius 3 is 2.67 bits per heavy atom. The number of methoxy groups -OCH3 is 1. The molecule has 1 heterocycles. The van der Waals surface area contributed by atoms with Crippen LogP contribution in [0.2, 0.25) is 0 Å². The minimum absolute atomic E-state index is 0. The maximum atomic E-state index is 9.46. The van der Waals surface area contributed by atoms with Crippen LogP contribution in [0.25, 0.3) is 0 Å². The monoisotopic (exact) mass is 531 g/mol. The van der Waals surface area contributed by atoms with E-state index in [0.29, 0.717) is 13.2 Å². The molecule has 0 bridgehead atoms. The van der Waals surface area contributed by atoms with Crippen LogP contribution in [0.5, 0.6) is 5.75 Å². The number of guanidine groups is 1. The van der Waals surface area contributed by atoms with Crippen LogP contribution in [-0.2, 0) is 10.2 Å². The minimum atomic E-state index is -0.0328. The van der Waals surface area contributed by atoms with E-state index in [0.717, 1.165) is 44.2 Å². The van der Waals surface area contributed by atoms with Gasteiger partial charge in [0.25, 0.3) is 0 Å². The molecule has 1 aromatic rings. The number of benzene rings is 1. The molecule has 6 nitrogen and oxygen atoms in total. The summed E-state index contributed by atoms with van der Waals surface area (Å²) in [6, 6.07) is 8.51. The fraction of sp³-hybridized carbons (Fsp3) is 0.696. The molecular weight excluding hydrogens is 493 g/mol. The lowest BCUT2D eigenvalue weighted by Crippen LogP contribution is -2.45. The molecule has 1 aliphatic heterocycles. The summed E-state index contributed by atoms with van der Waals surface area (Å²) in [5, 5.41) is 16.5. The number of rotatable bonds is 9. The van der Waals surface area contributed by atoms with E-state index in [2.05, 4.69) is 35.8 Å². The number of aliphatic hydroxyl groups excluding tert-OH is 1. The SMILES string of the molecule is CCNC(=NCC1(CCO)CCOC1)NCC1(c2cccc(OC)c2)CCCC1.I. The lowest BCUT2D eigenvalue weighted by atomic mass is 9.78. The Balaban J connectivity index is 0.00000320. The molecule has 170 valence electrons. The molecule has 1 atom stereocenters. The Bertz CT molecular complexity index is 671. The van der Waals surface area contributed by atoms with E-state index in [1.165, 1.54) is 31.2 Å². The topological polar surface area (TPSA) is 75.1 Å². The predicted molar refractivity (Wildman–Crippen MR) is 132 cm³/mol. The highest BCUT2D eigenvalue weighted by Crippen LogP contribution is 2.41. The van der Waals surface area contributed by atoms with Crippen molar-refractivity contribution in [1.82, 2.24) is 10.6 Å². The van der Waals surface area contributed by atoms with E-state index in [9.17, 15) is 5.11 Å². The van der Waals surface area contributed by atoms with Gasteiger partial charge in [-0.3, -0.25) is 4.99 Å². The number of nitrogens with one attached hydrogen (secondary N) is 2. The molecule has 1 unspecified atom stereocenters. The summed E-state index contributed by atoms with van der Waals surface area (Å²) < 4.78 is 11.1. The first-order valence-electron chi connectivity index (χ1n) is 11.0. The zero-order chi connectivity index (χ0) is 20.6. The third-order valence-corrected chi connectivity index (χ3v) is 6.58. The van der Waals surface area contributed by atoms with Gasteiger partial charge in [0, 0.05) is 37.1 Å². The largest absolute Gasteiger partial charge is 0.497 e. The Kier molecular flexibility index (Phi) is 10.2. The van der Waals surface area contributed by atoms with Gasteiger partial charge in [-0.15, -0.1) is 24.0 Å². The van der Waals surface area contributed by atoms with Gasteiger partial charge in [-0.2, -0.15) is 0 Å². The van der Waals surface area contributed by atoms with Gasteiger partial charge in [-0.05, 0) is 50.3 Å². The summed E-state index contributed by atoms with van der Waals surface area (Å²) in [5.41, 5.74) is 1.43. The second-order valence-electron chi connectivity index (χ2n) is 8.54. The lowest BCUT2D eigenvalue weighted by molar-refractivity contribution is 0.131. The molecule has 0 spiro atoms. The number of aliphatic imine (C=N–C) groups is 1. The summed E-state index contributed by atoms with van der Waals surface area (Å²) in [7, 11) is 1.73. The van der Waals surface area contributed by atoms with Gasteiger partial charge < -0.3 is 25.2 Å². The van der Waals surface area contributed by atoms with Crippen molar-refractivity contribution in [3.63, 3.8) is 0 Å². The lowest BCUT2D eigenvalue weighted by Gasteiger charge is -2.31. The molecule has 0 aromatic heterocycles. The van der Waals surface area contributed by atoms with Crippen LogP contribution >= 0.6 is 24.0 Å². The van der Waals surface area contributed by atoms with Gasteiger partial charge in [0.1, 0.15) is 5.75 Å². The van der Waals surface area contributed by atoms with Gasteiger partial charge in [-0.25, -0.2) is 0 Å². The number of hydrogen-bond donors (Lipinski definition) is 3. The predicted octanol–water partition coefficient (Wildman–Crippen LogP) is 3.47. The van der Waals surface area contributed by atoms with Crippen molar-refractivity contribution in [2.75, 3.05) is 46.6 Å². The maximum Gasteiger partial charge on any atom is 0.191 e. The molecule has 0 amide bonds. The van der Waals surface area contributed by atoms with E-state index < -0.39 is 0 Å². The number of aliphatic hydroxyl groups is 1. The fourth-order valence-corrected chi connectivity index (χ4v) is 4.70. The van der Waals surface area contributed by atoms with Gasteiger partial charge in [0.15, 0.2) is 5.96 Å². The number of ether oxygens (including phenoxy) is 2. The minimum Gasteiger partial charge on any atom is -0.497 e. The van der Waals surface area contributed by atoms with Crippen LogP contribution in [0.4, 0.5) is 0 Å². The summed E-state index contributed by atoms with van der Waals surface area (Å²) in [6.07, 6.45) is 6.56. The average molecular weight is 531 g/mol. The van der Waals surface area contributed by atoms with Crippen LogP contribution < -0.4 is 15.4 Å². The third kappa shape index (κ3) is 6.23. The van der Waals surface area contributed by atoms with Crippen LogP contribution in [0.3, 0.4) is 0 Å². The normalized spacial score (nSPS) is 23.1. The number of nitrogens with zero attached hydrogens (tertiary/aromatic N) is 1. The molecule has 2 aliphatic rings. The Morgan fingerprint density at radius 2 is 2.03 bits per heavy atom. The summed E-state index contributed by atoms with van der Waals surface area (Å²) in [6.45, 7) is 6.07. The highest BCUT2D eigenvalue weighted by molar-refractivity contribution is 14.0. The molecular formula is C23H38IN3O3. The van der Waals surface area contributed by atoms with Gasteiger partial charge >= 0.3 is 0 Å². The van der Waals surface area contributed by atoms with Crippen molar-refractivity contribution < 1.29 is 14.6 Å². The smallest absolute Gasteiger partial charge is 0.191 e. The third-order valence-electron chi connectivity index (χ3n) is 6.58. The average Bonchev–Trinajstić information content (AvgIpc) is 3.41. The summed E-state index contributed by atoms with van der Waals surface area (Å²) in [4.78, 5) is 4.88. The zero-order valence-corrected chi connectivity index (χ0v) is 20.7. The maximum absolute atomic E-state index is 9.46. The Morgan fingerprint density at radius 1 is 1.23 bits per heavy atom. The standard InChI is InChI=1S/C23H37N3O3.HI/c1-3-24-21(25-16-22(11-13-27)12-14-29-18-22)26-17-23(9-4-5-10-23)19-7-6-8-20(15-19)28-2;/h6-8,15,27H,3-5,9-14,16-18H2,1-2H3,(H2,24,25,26);1H. The van der Waals surface area contributed by atoms with Crippen LogP contribution in [0.15, 0.2) is 29.3 Å². The van der Waals surface area contributed by atoms with Crippen molar-refractivity contribution in [1.29, 1.82) is 0 Å². The molecule has 1 aliphatic carbocycles. The van der Waals surface area contributed by atoms with Crippen molar-refractivity contribution >= 4 is 29.9 Å². The summed E-state index contributed by atoms with van der Waals surface area (Å²) in [5.74, 6) is 1.77. The van der Waals surface area contributed by atoms with Crippen molar-refractivity contribution in [3.05, 3.63) is 29.8 Å². The van der Waals surface area contributed by atoms with E-state index in [1.807, 2.05) is 6.07 Å². The molecule has 30 heavy (non-hydrogen) atoms. The second-order valence-corrected chi connectivity index (χ2v) is 8.54.